The Labute approximate surface area is 237 Å². The van der Waals surface area contributed by atoms with Crippen molar-refractivity contribution in [3.63, 3.8) is 0 Å². The molecule has 4 aromatic rings. The molecule has 0 fully saturated rings. The van der Waals surface area contributed by atoms with Crippen molar-refractivity contribution in [2.75, 3.05) is 12.4 Å². The zero-order chi connectivity index (χ0) is 29.2. The number of anilines is 2. The highest BCUT2D eigenvalue weighted by molar-refractivity contribution is 5.97. The van der Waals surface area contributed by atoms with Crippen LogP contribution in [0.15, 0.2) is 67.0 Å². The molecule has 2 aromatic heterocycles. The molecule has 41 heavy (non-hydrogen) atoms. The van der Waals surface area contributed by atoms with Crippen molar-refractivity contribution in [2.24, 2.45) is 0 Å². The molecule has 0 spiro atoms. The van der Waals surface area contributed by atoms with Crippen molar-refractivity contribution in [2.45, 2.75) is 27.0 Å². The third kappa shape index (κ3) is 7.30. The number of carbonyl (C=O) groups excluding carboxylic acids is 1. The van der Waals surface area contributed by atoms with Gasteiger partial charge >= 0.3 is 0 Å². The number of amides is 1. The molecule has 0 aliphatic heterocycles. The van der Waals surface area contributed by atoms with Crippen LogP contribution in [-0.4, -0.2) is 28.0 Å². The van der Waals surface area contributed by atoms with Crippen molar-refractivity contribution >= 4 is 23.6 Å². The van der Waals surface area contributed by atoms with Crippen LogP contribution in [0.5, 0.6) is 11.6 Å². The van der Waals surface area contributed by atoms with Crippen molar-refractivity contribution in [1.29, 1.82) is 10.5 Å². The number of nitrogens with one attached hydrogen (secondary N) is 2. The van der Waals surface area contributed by atoms with E-state index in [0.29, 0.717) is 22.7 Å². The van der Waals surface area contributed by atoms with Crippen LogP contribution in [0.25, 0.3) is 6.08 Å². The van der Waals surface area contributed by atoms with E-state index in [4.69, 9.17) is 20.0 Å². The molecule has 10 heteroatoms. The van der Waals surface area contributed by atoms with Crippen LogP contribution >= 0.6 is 0 Å². The van der Waals surface area contributed by atoms with Gasteiger partial charge in [0, 0.05) is 37.8 Å². The molecule has 0 saturated carbocycles. The highest BCUT2D eigenvalue weighted by Crippen LogP contribution is 2.33. The standard InChI is InChI=1S/C31H27N7O3/c1-20-15-24(5-4-12-32)16-21(2)28(20)41-30-27(29(39)35-18-23-10-13-34-14-11-23)26(19-40-3)37-31(38-30)36-25-8-6-22(17-33)7-9-25/h4-11,13-16H,18-19H2,1-3H3,(H,35,39)(H,36,37,38)/b5-4+. The lowest BCUT2D eigenvalue weighted by molar-refractivity contribution is 0.0941. The Morgan fingerprint density at radius 2 is 1.73 bits per heavy atom. The molecule has 1 amide bonds. The fourth-order valence-corrected chi connectivity index (χ4v) is 4.08. The quantitative estimate of drug-likeness (QED) is 0.246. The zero-order valence-corrected chi connectivity index (χ0v) is 22.8. The smallest absolute Gasteiger partial charge is 0.259 e. The minimum Gasteiger partial charge on any atom is -0.437 e. The number of methoxy groups -OCH3 is 1. The van der Waals surface area contributed by atoms with Crippen LogP contribution in [0.4, 0.5) is 11.6 Å². The third-order valence-electron chi connectivity index (χ3n) is 5.96. The maximum Gasteiger partial charge on any atom is 0.259 e. The summed E-state index contributed by atoms with van der Waals surface area (Å²) in [6.07, 6.45) is 6.42. The van der Waals surface area contributed by atoms with Crippen LogP contribution in [0, 0.1) is 36.5 Å². The van der Waals surface area contributed by atoms with Gasteiger partial charge in [-0.3, -0.25) is 9.78 Å². The number of hydrogen-bond acceptors (Lipinski definition) is 9. The number of hydrogen-bond donors (Lipinski definition) is 2. The average molecular weight is 546 g/mol. The number of rotatable bonds is 10. The molecule has 0 atom stereocenters. The SMILES string of the molecule is COCc1nc(Nc2ccc(C#N)cc2)nc(Oc2c(C)cc(/C=C/C#N)cc2C)c1C(=O)NCc1ccncc1. The Kier molecular flexibility index (Phi) is 9.34. The number of carbonyl (C=O) groups is 1. The molecule has 0 saturated heterocycles. The summed E-state index contributed by atoms with van der Waals surface area (Å²) in [5, 5.41) is 24.0. The molecule has 10 nitrogen and oxygen atoms in total. The van der Waals surface area contributed by atoms with Gasteiger partial charge in [-0.1, -0.05) is 0 Å². The molecule has 2 heterocycles. The summed E-state index contributed by atoms with van der Waals surface area (Å²) in [4.78, 5) is 26.7. The minimum atomic E-state index is -0.433. The van der Waals surface area contributed by atoms with Crippen molar-refractivity contribution in [3.05, 3.63) is 106 Å². The Morgan fingerprint density at radius 3 is 2.37 bits per heavy atom. The molecular formula is C31H27N7O3. The van der Waals surface area contributed by atoms with Crippen LogP contribution in [-0.2, 0) is 17.9 Å². The summed E-state index contributed by atoms with van der Waals surface area (Å²) >= 11 is 0. The molecule has 0 aliphatic carbocycles. The Bertz CT molecular complexity index is 1630. The average Bonchev–Trinajstić information content (AvgIpc) is 2.97. The summed E-state index contributed by atoms with van der Waals surface area (Å²) in [5.74, 6) is 0.319. The summed E-state index contributed by atoms with van der Waals surface area (Å²) in [5.41, 5.74) is 4.92. The first kappa shape index (κ1) is 28.4. The number of benzene rings is 2. The van der Waals surface area contributed by atoms with Gasteiger partial charge in [0.15, 0.2) is 0 Å². The van der Waals surface area contributed by atoms with E-state index < -0.39 is 5.91 Å². The third-order valence-corrected chi connectivity index (χ3v) is 5.96. The largest absolute Gasteiger partial charge is 0.437 e. The van der Waals surface area contributed by atoms with E-state index in [0.717, 1.165) is 22.3 Å². The monoisotopic (exact) mass is 545 g/mol. The Morgan fingerprint density at radius 1 is 1.02 bits per heavy atom. The lowest BCUT2D eigenvalue weighted by Crippen LogP contribution is -2.26. The molecule has 4 rings (SSSR count). The summed E-state index contributed by atoms with van der Waals surface area (Å²) in [6.45, 7) is 4.04. The molecular weight excluding hydrogens is 518 g/mol. The second-order valence-electron chi connectivity index (χ2n) is 9.01. The fraction of sp³-hybridized carbons (Fsp3) is 0.161. The van der Waals surface area contributed by atoms with Crippen LogP contribution < -0.4 is 15.4 Å². The van der Waals surface area contributed by atoms with Gasteiger partial charge in [0.25, 0.3) is 5.91 Å². The van der Waals surface area contributed by atoms with Gasteiger partial charge in [0.2, 0.25) is 11.8 Å². The van der Waals surface area contributed by atoms with Gasteiger partial charge in [0.05, 0.1) is 30.0 Å². The number of nitrogens with zero attached hydrogens (tertiary/aromatic N) is 5. The maximum atomic E-state index is 13.6. The van der Waals surface area contributed by atoms with Gasteiger partial charge < -0.3 is 20.1 Å². The van der Waals surface area contributed by atoms with Gasteiger partial charge in [-0.2, -0.15) is 15.5 Å². The van der Waals surface area contributed by atoms with Crippen LogP contribution in [0.1, 0.15) is 43.9 Å². The molecule has 0 unspecified atom stereocenters. The van der Waals surface area contributed by atoms with E-state index in [1.165, 1.54) is 13.2 Å². The maximum absolute atomic E-state index is 13.6. The Balaban J connectivity index is 1.77. The first-order valence-electron chi connectivity index (χ1n) is 12.6. The second-order valence-corrected chi connectivity index (χ2v) is 9.01. The second kappa shape index (κ2) is 13.5. The van der Waals surface area contributed by atoms with E-state index in [-0.39, 0.29) is 30.5 Å². The number of nitriles is 2. The normalized spacial score (nSPS) is 10.6. The summed E-state index contributed by atoms with van der Waals surface area (Å²) < 4.78 is 11.7. The predicted octanol–water partition coefficient (Wildman–Crippen LogP) is 5.51. The van der Waals surface area contributed by atoms with Crippen molar-refractivity contribution in [1.82, 2.24) is 20.3 Å². The van der Waals surface area contributed by atoms with Crippen molar-refractivity contribution < 1.29 is 14.3 Å². The Hall–Kier alpha value is -5.58. The molecule has 0 bridgehead atoms. The van der Waals surface area contributed by atoms with E-state index in [9.17, 15) is 4.79 Å². The van der Waals surface area contributed by atoms with Crippen molar-refractivity contribution in [3.8, 4) is 23.8 Å². The zero-order valence-electron chi connectivity index (χ0n) is 22.8. The van der Waals surface area contributed by atoms with Crippen LogP contribution in [0.2, 0.25) is 0 Å². The summed E-state index contributed by atoms with van der Waals surface area (Å²) in [7, 11) is 1.51. The van der Waals surface area contributed by atoms with E-state index >= 15 is 0 Å². The number of ether oxygens (including phenoxy) is 2. The molecule has 2 N–H and O–H groups in total. The highest BCUT2D eigenvalue weighted by atomic mass is 16.5. The highest BCUT2D eigenvalue weighted by Gasteiger charge is 2.24. The topological polar surface area (TPSA) is 146 Å². The van der Waals surface area contributed by atoms with Gasteiger partial charge in [-0.05, 0) is 90.7 Å². The fourth-order valence-electron chi connectivity index (χ4n) is 4.08. The first-order valence-corrected chi connectivity index (χ1v) is 12.6. The van der Waals surface area contributed by atoms with E-state index in [2.05, 4.69) is 31.7 Å². The molecule has 2 aromatic carbocycles. The molecule has 0 aliphatic rings. The molecule has 0 radical (unpaired) electrons. The van der Waals surface area contributed by atoms with Crippen LogP contribution in [0.3, 0.4) is 0 Å². The van der Waals surface area contributed by atoms with E-state index in [1.54, 1.807) is 42.7 Å². The van der Waals surface area contributed by atoms with Gasteiger partial charge in [0.1, 0.15) is 11.3 Å². The number of allylic oxidation sites excluding steroid dienone is 1. The first-order chi connectivity index (χ1) is 19.9. The summed E-state index contributed by atoms with van der Waals surface area (Å²) in [6, 6.07) is 18.3. The minimum absolute atomic E-state index is 0.0226. The predicted molar refractivity (Wildman–Crippen MR) is 153 cm³/mol. The number of aryl methyl sites for hydroxylation is 2. The molecule has 204 valence electrons. The lowest BCUT2D eigenvalue weighted by atomic mass is 10.1. The van der Waals surface area contributed by atoms with E-state index in [1.807, 2.05) is 44.2 Å². The lowest BCUT2D eigenvalue weighted by Gasteiger charge is -2.18. The number of aromatic nitrogens is 3. The number of pyridine rings is 1. The van der Waals surface area contributed by atoms with Gasteiger partial charge in [-0.15, -0.1) is 0 Å². The van der Waals surface area contributed by atoms with Gasteiger partial charge in [-0.25, -0.2) is 4.98 Å².